The third kappa shape index (κ3) is 4.15. The van der Waals surface area contributed by atoms with Gasteiger partial charge in [0.1, 0.15) is 11.3 Å². The van der Waals surface area contributed by atoms with Crippen LogP contribution in [0.4, 0.5) is 5.69 Å². The molecule has 1 N–H and O–H groups in total. The smallest absolute Gasteiger partial charge is 0.375 e. The highest BCUT2D eigenvalue weighted by Crippen LogP contribution is 2.27. The Morgan fingerprint density at radius 1 is 1.07 bits per heavy atom. The van der Waals surface area contributed by atoms with Gasteiger partial charge in [0.15, 0.2) is 6.10 Å². The second-order valence-corrected chi connectivity index (χ2v) is 6.10. The zero-order valence-electron chi connectivity index (χ0n) is 15.9. The van der Waals surface area contributed by atoms with Gasteiger partial charge in [-0.2, -0.15) is 0 Å². The van der Waals surface area contributed by atoms with E-state index >= 15 is 0 Å². The van der Waals surface area contributed by atoms with E-state index in [1.165, 1.54) is 14.0 Å². The highest BCUT2D eigenvalue weighted by Gasteiger charge is 2.25. The summed E-state index contributed by atoms with van der Waals surface area (Å²) in [4.78, 5) is 24.9. The maximum absolute atomic E-state index is 12.6. The lowest BCUT2D eigenvalue weighted by molar-refractivity contribution is -0.123. The molecule has 7 nitrogen and oxygen atoms in total. The molecule has 0 aliphatic rings. The van der Waals surface area contributed by atoms with Gasteiger partial charge in [-0.3, -0.25) is 4.79 Å². The van der Waals surface area contributed by atoms with E-state index in [2.05, 4.69) is 5.32 Å². The van der Waals surface area contributed by atoms with Gasteiger partial charge in [-0.25, -0.2) is 4.79 Å². The van der Waals surface area contributed by atoms with Crippen molar-refractivity contribution in [1.29, 1.82) is 0 Å². The Morgan fingerprint density at radius 2 is 1.79 bits per heavy atom. The molecule has 2 aromatic carbocycles. The van der Waals surface area contributed by atoms with E-state index in [9.17, 15) is 9.59 Å². The number of ether oxygens (including phenoxy) is 3. The highest BCUT2D eigenvalue weighted by molar-refractivity contribution is 5.99. The maximum Gasteiger partial charge on any atom is 0.375 e. The molecule has 0 spiro atoms. The Hall–Kier alpha value is -3.32. The van der Waals surface area contributed by atoms with Crippen LogP contribution in [-0.4, -0.2) is 32.2 Å². The fourth-order valence-electron chi connectivity index (χ4n) is 2.74. The fraction of sp³-hybridized carbons (Fsp3) is 0.238. The Balaban J connectivity index is 1.72. The molecular weight excluding hydrogens is 362 g/mol. The van der Waals surface area contributed by atoms with Crippen LogP contribution in [0, 0.1) is 0 Å². The SMILES string of the molecule is COCc1c(C(=O)O[C@@H](C)C(=O)Nc2ccc(OC)cc2)oc2ccccc12. The van der Waals surface area contributed by atoms with Gasteiger partial charge >= 0.3 is 5.97 Å². The molecule has 0 saturated carbocycles. The van der Waals surface area contributed by atoms with Gasteiger partial charge in [0, 0.05) is 23.7 Å². The number of furan rings is 1. The number of carbonyl (C=O) groups is 2. The lowest BCUT2D eigenvalue weighted by Crippen LogP contribution is -2.30. The normalized spacial score (nSPS) is 11.8. The van der Waals surface area contributed by atoms with Crippen molar-refractivity contribution >= 4 is 28.5 Å². The van der Waals surface area contributed by atoms with Crippen molar-refractivity contribution in [1.82, 2.24) is 0 Å². The second kappa shape index (κ2) is 8.58. The molecule has 7 heteroatoms. The molecule has 28 heavy (non-hydrogen) atoms. The van der Waals surface area contributed by atoms with E-state index in [0.717, 1.165) is 5.39 Å². The van der Waals surface area contributed by atoms with Gasteiger partial charge < -0.3 is 23.9 Å². The number of hydrogen-bond donors (Lipinski definition) is 1. The van der Waals surface area contributed by atoms with Crippen molar-refractivity contribution in [3.05, 3.63) is 59.9 Å². The Morgan fingerprint density at radius 3 is 2.46 bits per heavy atom. The molecule has 146 valence electrons. The quantitative estimate of drug-likeness (QED) is 0.625. The third-order valence-corrected chi connectivity index (χ3v) is 4.18. The number of para-hydroxylation sites is 1. The van der Waals surface area contributed by atoms with E-state index in [-0.39, 0.29) is 12.4 Å². The van der Waals surface area contributed by atoms with Gasteiger partial charge in [0.25, 0.3) is 5.91 Å². The summed E-state index contributed by atoms with van der Waals surface area (Å²) in [6.07, 6.45) is -1.02. The maximum atomic E-state index is 12.6. The summed E-state index contributed by atoms with van der Waals surface area (Å²) >= 11 is 0. The minimum absolute atomic E-state index is 0.0344. The van der Waals surface area contributed by atoms with Crippen LogP contribution in [0.3, 0.4) is 0 Å². The summed E-state index contributed by atoms with van der Waals surface area (Å²) in [7, 11) is 3.09. The number of carbonyl (C=O) groups excluding carboxylic acids is 2. The zero-order valence-corrected chi connectivity index (χ0v) is 15.9. The lowest BCUT2D eigenvalue weighted by atomic mass is 10.1. The van der Waals surface area contributed by atoms with Crippen molar-refractivity contribution in [2.45, 2.75) is 19.6 Å². The van der Waals surface area contributed by atoms with Crippen molar-refractivity contribution in [2.24, 2.45) is 0 Å². The average molecular weight is 383 g/mol. The number of anilines is 1. The Labute approximate surface area is 162 Å². The van der Waals surface area contributed by atoms with E-state index in [4.69, 9.17) is 18.6 Å². The third-order valence-electron chi connectivity index (χ3n) is 4.18. The Kier molecular flexibility index (Phi) is 5.96. The average Bonchev–Trinajstić information content (AvgIpc) is 3.07. The van der Waals surface area contributed by atoms with Crippen LogP contribution in [0.2, 0.25) is 0 Å². The number of nitrogens with one attached hydrogen (secondary N) is 1. The molecule has 3 aromatic rings. The van der Waals surface area contributed by atoms with Crippen molar-refractivity contribution in [2.75, 3.05) is 19.5 Å². The number of amides is 1. The first-order chi connectivity index (χ1) is 13.5. The topological polar surface area (TPSA) is 87.0 Å². The zero-order chi connectivity index (χ0) is 20.1. The summed E-state index contributed by atoms with van der Waals surface area (Å²) in [5, 5.41) is 3.46. The first-order valence-electron chi connectivity index (χ1n) is 8.68. The second-order valence-electron chi connectivity index (χ2n) is 6.10. The van der Waals surface area contributed by atoms with Crippen LogP contribution in [0.15, 0.2) is 52.9 Å². The Bertz CT molecular complexity index is 976. The number of benzene rings is 2. The van der Waals surface area contributed by atoms with E-state index in [1.807, 2.05) is 18.2 Å². The number of methoxy groups -OCH3 is 2. The van der Waals surface area contributed by atoms with Gasteiger partial charge in [-0.1, -0.05) is 18.2 Å². The predicted molar refractivity (Wildman–Crippen MR) is 103 cm³/mol. The van der Waals surface area contributed by atoms with Crippen LogP contribution in [-0.2, 0) is 20.9 Å². The molecule has 0 aliphatic carbocycles. The molecule has 1 atom stereocenters. The van der Waals surface area contributed by atoms with E-state index in [0.29, 0.717) is 22.6 Å². The molecule has 0 bridgehead atoms. The standard InChI is InChI=1S/C21H21NO6/c1-13(20(23)22-14-8-10-15(26-3)11-9-14)27-21(24)19-17(12-25-2)16-6-4-5-7-18(16)28-19/h4-11,13H,12H2,1-3H3,(H,22,23)/t13-/m0/s1. The number of fused-ring (bicyclic) bond motifs is 1. The first kappa shape index (κ1) is 19.4. The van der Waals surface area contributed by atoms with Crippen molar-refractivity contribution in [3.63, 3.8) is 0 Å². The van der Waals surface area contributed by atoms with Crippen LogP contribution in [0.1, 0.15) is 23.0 Å². The largest absolute Gasteiger partial charge is 0.497 e. The molecule has 0 unspecified atom stereocenters. The number of esters is 1. The summed E-state index contributed by atoms with van der Waals surface area (Å²) in [6, 6.07) is 14.1. The van der Waals surface area contributed by atoms with E-state index in [1.54, 1.807) is 37.4 Å². The van der Waals surface area contributed by atoms with Crippen molar-refractivity contribution < 1.29 is 28.2 Å². The van der Waals surface area contributed by atoms with Crippen LogP contribution in [0.25, 0.3) is 11.0 Å². The summed E-state index contributed by atoms with van der Waals surface area (Å²) < 4.78 is 21.2. The summed E-state index contributed by atoms with van der Waals surface area (Å²) in [5.41, 5.74) is 1.71. The number of hydrogen-bond acceptors (Lipinski definition) is 6. The summed E-state index contributed by atoms with van der Waals surface area (Å²) in [5.74, 6) is -0.469. The lowest BCUT2D eigenvalue weighted by Gasteiger charge is -2.13. The van der Waals surface area contributed by atoms with Crippen molar-refractivity contribution in [3.8, 4) is 5.75 Å². The van der Waals surface area contributed by atoms with Crippen LogP contribution in [0.5, 0.6) is 5.75 Å². The molecule has 1 heterocycles. The minimum Gasteiger partial charge on any atom is -0.497 e. The molecule has 1 amide bonds. The van der Waals surface area contributed by atoms with E-state index < -0.39 is 18.0 Å². The molecular formula is C21H21NO6. The number of rotatable bonds is 7. The fourth-order valence-corrected chi connectivity index (χ4v) is 2.74. The van der Waals surface area contributed by atoms with Gasteiger partial charge in [0.2, 0.25) is 5.76 Å². The van der Waals surface area contributed by atoms with Gasteiger partial charge in [-0.05, 0) is 37.3 Å². The molecule has 3 rings (SSSR count). The van der Waals surface area contributed by atoms with Crippen LogP contribution < -0.4 is 10.1 Å². The van der Waals surface area contributed by atoms with Crippen LogP contribution >= 0.6 is 0 Å². The monoisotopic (exact) mass is 383 g/mol. The molecule has 0 saturated heterocycles. The highest BCUT2D eigenvalue weighted by atomic mass is 16.6. The summed E-state index contributed by atoms with van der Waals surface area (Å²) in [6.45, 7) is 1.68. The minimum atomic E-state index is -1.02. The molecule has 0 fully saturated rings. The molecule has 1 aromatic heterocycles. The first-order valence-corrected chi connectivity index (χ1v) is 8.68. The van der Waals surface area contributed by atoms with Gasteiger partial charge in [0.05, 0.1) is 13.7 Å². The molecule has 0 aliphatic heterocycles. The predicted octanol–water partition coefficient (Wildman–Crippen LogP) is 3.77. The molecule has 0 radical (unpaired) electrons. The van der Waals surface area contributed by atoms with Gasteiger partial charge in [-0.15, -0.1) is 0 Å².